The van der Waals surface area contributed by atoms with E-state index in [0.29, 0.717) is 22.9 Å². The van der Waals surface area contributed by atoms with Crippen LogP contribution in [0.2, 0.25) is 5.02 Å². The third-order valence-electron chi connectivity index (χ3n) is 4.71. The van der Waals surface area contributed by atoms with E-state index in [4.69, 9.17) is 11.6 Å². The molecule has 152 valence electrons. The Morgan fingerprint density at radius 3 is 2.17 bits per heavy atom. The Hall–Kier alpha value is -2.57. The fraction of sp³-hybridized carbons (Fsp3) is 0.286. The Bertz CT molecular complexity index is 942. The molecule has 8 heteroatoms. The average Bonchev–Trinajstić information content (AvgIpc) is 3.23. The highest BCUT2D eigenvalue weighted by Gasteiger charge is 2.17. The van der Waals surface area contributed by atoms with Gasteiger partial charge in [0.1, 0.15) is 0 Å². The minimum atomic E-state index is 0. The molecule has 2 aromatic carbocycles. The molecule has 6 nitrogen and oxygen atoms in total. The van der Waals surface area contributed by atoms with Gasteiger partial charge in [0.15, 0.2) is 0 Å². The van der Waals surface area contributed by atoms with Crippen molar-refractivity contribution in [2.75, 3.05) is 28.6 Å². The monoisotopic (exact) mass is 430 g/mol. The first-order chi connectivity index (χ1) is 13.7. The van der Waals surface area contributed by atoms with Gasteiger partial charge in [0.05, 0.1) is 0 Å². The molecule has 2 heterocycles. The summed E-state index contributed by atoms with van der Waals surface area (Å²) < 4.78 is 0. The van der Waals surface area contributed by atoms with Gasteiger partial charge in [-0.2, -0.15) is 15.0 Å². The fourth-order valence-electron chi connectivity index (χ4n) is 3.18. The van der Waals surface area contributed by atoms with Crippen LogP contribution in [-0.2, 0) is 6.42 Å². The van der Waals surface area contributed by atoms with E-state index in [1.54, 1.807) is 0 Å². The van der Waals surface area contributed by atoms with E-state index in [1.807, 2.05) is 36.4 Å². The highest BCUT2D eigenvalue weighted by atomic mass is 35.5. The second kappa shape index (κ2) is 9.76. The molecule has 0 atom stereocenters. The molecular weight excluding hydrogens is 407 g/mol. The van der Waals surface area contributed by atoms with Gasteiger partial charge in [-0.05, 0) is 55.2 Å². The third kappa shape index (κ3) is 5.49. The van der Waals surface area contributed by atoms with Crippen molar-refractivity contribution in [3.05, 3.63) is 59.1 Å². The Kier molecular flexibility index (Phi) is 7.12. The number of anilines is 5. The molecule has 0 unspecified atom stereocenters. The van der Waals surface area contributed by atoms with Crippen molar-refractivity contribution in [3.63, 3.8) is 0 Å². The first kappa shape index (κ1) is 21.1. The minimum Gasteiger partial charge on any atom is -0.341 e. The summed E-state index contributed by atoms with van der Waals surface area (Å²) in [6.07, 6.45) is 3.33. The van der Waals surface area contributed by atoms with Crippen LogP contribution >= 0.6 is 24.0 Å². The Morgan fingerprint density at radius 1 is 0.897 bits per heavy atom. The van der Waals surface area contributed by atoms with Gasteiger partial charge in [0, 0.05) is 29.5 Å². The van der Waals surface area contributed by atoms with Crippen molar-refractivity contribution in [1.82, 2.24) is 15.0 Å². The van der Waals surface area contributed by atoms with Gasteiger partial charge in [-0.25, -0.2) is 0 Å². The van der Waals surface area contributed by atoms with E-state index in [9.17, 15) is 0 Å². The number of rotatable bonds is 6. The topological polar surface area (TPSA) is 66.0 Å². The summed E-state index contributed by atoms with van der Waals surface area (Å²) >= 11 is 6.10. The summed E-state index contributed by atoms with van der Waals surface area (Å²) in [6, 6.07) is 15.8. The summed E-state index contributed by atoms with van der Waals surface area (Å²) in [4.78, 5) is 16.0. The van der Waals surface area contributed by atoms with Crippen molar-refractivity contribution >= 4 is 53.2 Å². The first-order valence-electron chi connectivity index (χ1n) is 9.59. The van der Waals surface area contributed by atoms with Crippen molar-refractivity contribution in [2.45, 2.75) is 26.2 Å². The molecule has 0 spiro atoms. The maximum absolute atomic E-state index is 6.10. The van der Waals surface area contributed by atoms with Crippen LogP contribution in [0.25, 0.3) is 0 Å². The maximum Gasteiger partial charge on any atom is 0.233 e. The van der Waals surface area contributed by atoms with Crippen LogP contribution in [-0.4, -0.2) is 28.0 Å². The summed E-state index contributed by atoms with van der Waals surface area (Å²) in [5, 5.41) is 7.20. The van der Waals surface area contributed by atoms with Gasteiger partial charge in [0.25, 0.3) is 0 Å². The molecule has 0 saturated carbocycles. The van der Waals surface area contributed by atoms with Gasteiger partial charge in [-0.1, -0.05) is 36.7 Å². The van der Waals surface area contributed by atoms with E-state index in [0.717, 1.165) is 43.7 Å². The smallest absolute Gasteiger partial charge is 0.233 e. The van der Waals surface area contributed by atoms with E-state index in [2.05, 4.69) is 49.5 Å². The number of hydrogen-bond donors (Lipinski definition) is 2. The van der Waals surface area contributed by atoms with Crippen LogP contribution in [0, 0.1) is 0 Å². The second-order valence-corrected chi connectivity index (χ2v) is 7.22. The van der Waals surface area contributed by atoms with E-state index < -0.39 is 0 Å². The molecular formula is C21H24Cl2N6. The normalized spacial score (nSPS) is 13.1. The standard InChI is InChI=1S/C21H23ClN6.ClH/c1-2-15-8-10-17(11-9-15)23-19-25-20(24-18-7-5-6-16(22)14-18)27-21(26-19)28-12-3-4-13-28;/h5-11,14H,2-4,12-13H2,1H3,(H2,23,24,25,26,27);1H. The Labute approximate surface area is 182 Å². The summed E-state index contributed by atoms with van der Waals surface area (Å²) in [6.45, 7) is 4.07. The molecule has 4 rings (SSSR count). The summed E-state index contributed by atoms with van der Waals surface area (Å²) in [5.41, 5.74) is 3.08. The zero-order chi connectivity index (χ0) is 19.3. The van der Waals surface area contributed by atoms with Gasteiger partial charge in [-0.3, -0.25) is 0 Å². The fourth-order valence-corrected chi connectivity index (χ4v) is 3.37. The summed E-state index contributed by atoms with van der Waals surface area (Å²) in [7, 11) is 0. The van der Waals surface area contributed by atoms with E-state index >= 15 is 0 Å². The van der Waals surface area contributed by atoms with Crippen molar-refractivity contribution in [2.24, 2.45) is 0 Å². The maximum atomic E-state index is 6.10. The third-order valence-corrected chi connectivity index (χ3v) is 4.95. The lowest BCUT2D eigenvalue weighted by atomic mass is 10.1. The van der Waals surface area contributed by atoms with Gasteiger partial charge in [-0.15, -0.1) is 12.4 Å². The molecule has 1 aliphatic heterocycles. The zero-order valence-electron chi connectivity index (χ0n) is 16.2. The summed E-state index contributed by atoms with van der Waals surface area (Å²) in [5.74, 6) is 1.70. The predicted octanol–water partition coefficient (Wildman–Crippen LogP) is 5.60. The predicted molar refractivity (Wildman–Crippen MR) is 122 cm³/mol. The number of nitrogens with zero attached hydrogens (tertiary/aromatic N) is 4. The van der Waals surface area contributed by atoms with Crippen LogP contribution in [0.15, 0.2) is 48.5 Å². The number of aromatic nitrogens is 3. The zero-order valence-corrected chi connectivity index (χ0v) is 17.8. The SMILES string of the molecule is CCc1ccc(Nc2nc(Nc3cccc(Cl)c3)nc(N3CCCC3)n2)cc1.Cl. The first-order valence-corrected chi connectivity index (χ1v) is 9.97. The van der Waals surface area contributed by atoms with Gasteiger partial charge in [0.2, 0.25) is 17.8 Å². The number of benzene rings is 2. The molecule has 1 fully saturated rings. The largest absolute Gasteiger partial charge is 0.341 e. The Morgan fingerprint density at radius 2 is 1.55 bits per heavy atom. The van der Waals surface area contributed by atoms with E-state index in [-0.39, 0.29) is 12.4 Å². The molecule has 0 bridgehead atoms. The van der Waals surface area contributed by atoms with Crippen LogP contribution in [0.1, 0.15) is 25.3 Å². The van der Waals surface area contributed by atoms with Gasteiger partial charge < -0.3 is 15.5 Å². The molecule has 0 aliphatic carbocycles. The molecule has 2 N–H and O–H groups in total. The highest BCUT2D eigenvalue weighted by Crippen LogP contribution is 2.24. The molecule has 29 heavy (non-hydrogen) atoms. The average molecular weight is 431 g/mol. The molecule has 1 saturated heterocycles. The lowest BCUT2D eigenvalue weighted by Crippen LogP contribution is -2.21. The number of aryl methyl sites for hydroxylation is 1. The number of hydrogen-bond acceptors (Lipinski definition) is 6. The Balaban J connectivity index is 0.00000240. The van der Waals surface area contributed by atoms with E-state index in [1.165, 1.54) is 5.56 Å². The molecule has 1 aliphatic rings. The number of nitrogens with one attached hydrogen (secondary N) is 2. The molecule has 1 aromatic heterocycles. The lowest BCUT2D eigenvalue weighted by Gasteiger charge is -2.17. The molecule has 0 radical (unpaired) electrons. The van der Waals surface area contributed by atoms with Crippen molar-refractivity contribution < 1.29 is 0 Å². The molecule has 0 amide bonds. The minimum absolute atomic E-state index is 0. The van der Waals surface area contributed by atoms with Gasteiger partial charge >= 0.3 is 0 Å². The molecule has 3 aromatic rings. The highest BCUT2D eigenvalue weighted by molar-refractivity contribution is 6.30. The van der Waals surface area contributed by atoms with Crippen molar-refractivity contribution in [1.29, 1.82) is 0 Å². The lowest BCUT2D eigenvalue weighted by molar-refractivity contribution is 0.886. The van der Waals surface area contributed by atoms with Crippen LogP contribution in [0.3, 0.4) is 0 Å². The number of halogens is 2. The van der Waals surface area contributed by atoms with Crippen LogP contribution in [0.4, 0.5) is 29.2 Å². The van der Waals surface area contributed by atoms with Crippen LogP contribution < -0.4 is 15.5 Å². The second-order valence-electron chi connectivity index (χ2n) is 6.79. The van der Waals surface area contributed by atoms with Crippen molar-refractivity contribution in [3.8, 4) is 0 Å². The quantitative estimate of drug-likeness (QED) is 0.530. The van der Waals surface area contributed by atoms with Crippen LogP contribution in [0.5, 0.6) is 0 Å².